The second-order valence-electron chi connectivity index (χ2n) is 6.51. The molecule has 1 aliphatic heterocycles. The van der Waals surface area contributed by atoms with Crippen LogP contribution in [0.15, 0.2) is 22.6 Å². The van der Waals surface area contributed by atoms with Gasteiger partial charge in [0.1, 0.15) is 23.3 Å². The zero-order chi connectivity index (χ0) is 19.6. The summed E-state index contributed by atoms with van der Waals surface area (Å²) < 4.78 is 41.5. The van der Waals surface area contributed by atoms with Gasteiger partial charge in [0, 0.05) is 12.5 Å². The molecule has 27 heavy (non-hydrogen) atoms. The number of hydrogen-bond donors (Lipinski definition) is 1. The van der Waals surface area contributed by atoms with Crippen molar-refractivity contribution in [3.8, 4) is 23.0 Å². The number of aromatic nitrogens is 2. The van der Waals surface area contributed by atoms with Gasteiger partial charge in [-0.2, -0.15) is 4.68 Å². The van der Waals surface area contributed by atoms with Crippen LogP contribution < -0.4 is 14.4 Å². The molecule has 1 N–H and O–H groups in total. The molecule has 2 heterocycles. The highest BCUT2D eigenvalue weighted by Gasteiger charge is 2.35. The molecule has 0 radical (unpaired) electrons. The Morgan fingerprint density at radius 1 is 1.37 bits per heavy atom. The van der Waals surface area contributed by atoms with Crippen LogP contribution in [0.4, 0.5) is 0 Å². The Labute approximate surface area is 163 Å². The van der Waals surface area contributed by atoms with Crippen molar-refractivity contribution in [3.05, 3.63) is 23.0 Å². The van der Waals surface area contributed by atoms with E-state index in [1.807, 2.05) is 6.92 Å². The highest BCUT2D eigenvalue weighted by atomic mass is 32.2. The molecular formula is C17H24N3O5S2+. The molecule has 10 heteroatoms. The van der Waals surface area contributed by atoms with Crippen LogP contribution in [-0.4, -0.2) is 56.5 Å². The van der Waals surface area contributed by atoms with Crippen molar-refractivity contribution in [2.75, 3.05) is 32.3 Å². The molecule has 1 unspecified atom stereocenters. The Hall–Kier alpha value is -1.91. The molecule has 1 aliphatic rings. The smallest absolute Gasteiger partial charge is 0.292 e. The van der Waals surface area contributed by atoms with Gasteiger partial charge in [-0.3, -0.25) is 0 Å². The molecule has 0 amide bonds. The lowest BCUT2D eigenvalue weighted by molar-refractivity contribution is -0.943. The fourth-order valence-electron chi connectivity index (χ4n) is 3.33. The first-order chi connectivity index (χ1) is 12.9. The first-order valence-electron chi connectivity index (χ1n) is 8.72. The van der Waals surface area contributed by atoms with E-state index < -0.39 is 9.84 Å². The van der Waals surface area contributed by atoms with E-state index in [9.17, 15) is 8.42 Å². The van der Waals surface area contributed by atoms with E-state index in [1.165, 1.54) is 0 Å². The second kappa shape index (κ2) is 7.99. The zero-order valence-corrected chi connectivity index (χ0v) is 17.2. The zero-order valence-electron chi connectivity index (χ0n) is 15.6. The third kappa shape index (κ3) is 4.33. The fraction of sp³-hybridized carbons (Fsp3) is 0.529. The summed E-state index contributed by atoms with van der Waals surface area (Å²) >= 11 is 5.32. The first-order valence-corrected chi connectivity index (χ1v) is 10.9. The summed E-state index contributed by atoms with van der Waals surface area (Å²) in [5.74, 6) is 2.05. The molecular weight excluding hydrogens is 390 g/mol. The molecule has 0 saturated carbocycles. The van der Waals surface area contributed by atoms with Gasteiger partial charge in [0.15, 0.2) is 16.5 Å². The molecule has 1 aromatic heterocycles. The maximum atomic E-state index is 11.8. The molecule has 2 aromatic rings. The van der Waals surface area contributed by atoms with E-state index in [0.717, 1.165) is 11.4 Å². The molecule has 0 spiro atoms. The Kier molecular flexibility index (Phi) is 5.87. The van der Waals surface area contributed by atoms with Crippen molar-refractivity contribution in [1.29, 1.82) is 0 Å². The first kappa shape index (κ1) is 19.8. The Morgan fingerprint density at radius 3 is 2.74 bits per heavy atom. The number of ether oxygens (including phenoxy) is 2. The molecule has 1 fully saturated rings. The molecule has 3 rings (SSSR count). The minimum Gasteiger partial charge on any atom is -0.497 e. The van der Waals surface area contributed by atoms with Crippen LogP contribution >= 0.6 is 12.2 Å². The number of rotatable bonds is 7. The summed E-state index contributed by atoms with van der Waals surface area (Å²) in [6, 6.07) is 5.40. The van der Waals surface area contributed by atoms with E-state index in [1.54, 1.807) is 37.1 Å². The fourth-order valence-corrected chi connectivity index (χ4v) is 5.34. The lowest BCUT2D eigenvalue weighted by Gasteiger charge is -2.22. The van der Waals surface area contributed by atoms with E-state index in [-0.39, 0.29) is 22.4 Å². The van der Waals surface area contributed by atoms with Crippen LogP contribution in [0.2, 0.25) is 0 Å². The highest BCUT2D eigenvalue weighted by Crippen LogP contribution is 2.32. The number of benzene rings is 1. The van der Waals surface area contributed by atoms with Crippen LogP contribution in [0.5, 0.6) is 11.5 Å². The largest absolute Gasteiger partial charge is 0.497 e. The minimum absolute atomic E-state index is 0.0533. The van der Waals surface area contributed by atoms with Crippen molar-refractivity contribution in [2.24, 2.45) is 0 Å². The Bertz CT molecular complexity index is 967. The third-order valence-electron chi connectivity index (χ3n) is 4.86. The van der Waals surface area contributed by atoms with E-state index >= 15 is 0 Å². The van der Waals surface area contributed by atoms with Gasteiger partial charge >= 0.3 is 0 Å². The lowest BCUT2D eigenvalue weighted by atomic mass is 10.2. The predicted molar refractivity (Wildman–Crippen MR) is 102 cm³/mol. The van der Waals surface area contributed by atoms with Gasteiger partial charge in [0.05, 0.1) is 32.1 Å². The van der Waals surface area contributed by atoms with E-state index in [4.69, 9.17) is 26.1 Å². The van der Waals surface area contributed by atoms with Gasteiger partial charge in [0.25, 0.3) is 10.7 Å². The predicted octanol–water partition coefficient (Wildman–Crippen LogP) is 0.939. The van der Waals surface area contributed by atoms with Gasteiger partial charge in [-0.25, -0.2) is 8.42 Å². The third-order valence-corrected chi connectivity index (χ3v) is 6.92. The number of hydrogen-bond acceptors (Lipinski definition) is 7. The highest BCUT2D eigenvalue weighted by molar-refractivity contribution is 7.91. The molecule has 2 atom stereocenters. The minimum atomic E-state index is -2.93. The number of nitrogens with zero attached hydrogens (tertiary/aromatic N) is 2. The molecule has 0 aliphatic carbocycles. The number of sulfone groups is 1. The summed E-state index contributed by atoms with van der Waals surface area (Å²) in [7, 11) is 0.212. The summed E-state index contributed by atoms with van der Waals surface area (Å²) in [4.78, 5) is 1.36. The summed E-state index contributed by atoms with van der Waals surface area (Å²) in [5.41, 5.74) is 0.671. The maximum Gasteiger partial charge on any atom is 0.292 e. The summed E-state index contributed by atoms with van der Waals surface area (Å²) in [6.07, 6.45) is 0.663. The van der Waals surface area contributed by atoms with Crippen molar-refractivity contribution in [3.63, 3.8) is 0 Å². The maximum absolute atomic E-state index is 11.8. The second-order valence-corrected chi connectivity index (χ2v) is 9.09. The van der Waals surface area contributed by atoms with Gasteiger partial charge in [-0.1, -0.05) is 0 Å². The van der Waals surface area contributed by atoms with Crippen LogP contribution in [0.1, 0.15) is 13.3 Å². The Balaban J connectivity index is 1.85. The molecule has 148 valence electrons. The SMILES string of the molecule is CC[NH+](Cn1nc(-c2ccc(OC)cc2OC)oc1=S)[C@H]1CCS(=O)(=O)C1. The number of nitrogens with one attached hydrogen (secondary N) is 1. The van der Waals surface area contributed by atoms with Crippen molar-refractivity contribution in [2.45, 2.75) is 26.1 Å². The Morgan fingerprint density at radius 2 is 2.15 bits per heavy atom. The van der Waals surface area contributed by atoms with E-state index in [0.29, 0.717) is 36.0 Å². The standard InChI is InChI=1S/C17H23N3O5S2/c1-4-19(12-7-8-27(21,22)10-12)11-20-17(26)25-16(18-20)14-6-5-13(23-2)9-15(14)24-3/h5-6,9,12H,4,7-8,10-11H2,1-3H3/p+1/t12-/m0/s1. The number of methoxy groups -OCH3 is 2. The summed E-state index contributed by atoms with van der Waals surface area (Å²) in [6.45, 7) is 3.25. The normalized spacial score (nSPS) is 19.7. The van der Waals surface area contributed by atoms with Crippen molar-refractivity contribution < 1.29 is 27.2 Å². The molecule has 1 aromatic carbocycles. The van der Waals surface area contributed by atoms with Gasteiger partial charge in [-0.15, -0.1) is 5.10 Å². The average Bonchev–Trinajstić information content (AvgIpc) is 3.20. The monoisotopic (exact) mass is 414 g/mol. The molecule has 8 nitrogen and oxygen atoms in total. The van der Waals surface area contributed by atoms with Crippen LogP contribution in [0.3, 0.4) is 0 Å². The van der Waals surface area contributed by atoms with Crippen LogP contribution in [0.25, 0.3) is 11.5 Å². The van der Waals surface area contributed by atoms with Crippen molar-refractivity contribution >= 4 is 22.1 Å². The topological polar surface area (TPSA) is 88.0 Å². The summed E-state index contributed by atoms with van der Waals surface area (Å²) in [5, 5.41) is 4.49. The van der Waals surface area contributed by atoms with Gasteiger partial charge in [0.2, 0.25) is 0 Å². The lowest BCUT2D eigenvalue weighted by Crippen LogP contribution is -3.15. The number of quaternary nitrogens is 1. The molecule has 0 bridgehead atoms. The quantitative estimate of drug-likeness (QED) is 0.675. The molecule has 1 saturated heterocycles. The van der Waals surface area contributed by atoms with Gasteiger partial charge < -0.3 is 18.8 Å². The van der Waals surface area contributed by atoms with Crippen LogP contribution in [0, 0.1) is 4.84 Å². The average molecular weight is 415 g/mol. The van der Waals surface area contributed by atoms with E-state index in [2.05, 4.69) is 5.10 Å². The van der Waals surface area contributed by atoms with Gasteiger partial charge in [-0.05, 0) is 31.3 Å². The van der Waals surface area contributed by atoms with Crippen LogP contribution in [-0.2, 0) is 16.5 Å². The van der Waals surface area contributed by atoms with Crippen molar-refractivity contribution in [1.82, 2.24) is 9.78 Å².